The first-order chi connectivity index (χ1) is 14.0. The summed E-state index contributed by atoms with van der Waals surface area (Å²) in [6.07, 6.45) is 0. The number of fused-ring (bicyclic) bond motifs is 1. The molecule has 1 fully saturated rings. The molecule has 1 aliphatic heterocycles. The van der Waals surface area contributed by atoms with Crippen molar-refractivity contribution in [3.63, 3.8) is 0 Å². The Morgan fingerprint density at radius 1 is 1.00 bits per heavy atom. The van der Waals surface area contributed by atoms with Gasteiger partial charge in [0.1, 0.15) is 5.69 Å². The first-order valence-corrected chi connectivity index (χ1v) is 10.7. The van der Waals surface area contributed by atoms with Crippen LogP contribution in [0.1, 0.15) is 5.69 Å². The van der Waals surface area contributed by atoms with Gasteiger partial charge in [0.05, 0.1) is 19.1 Å². The second kappa shape index (κ2) is 8.02. The van der Waals surface area contributed by atoms with Gasteiger partial charge in [0.15, 0.2) is 17.1 Å². The molecule has 0 saturated carbocycles. The van der Waals surface area contributed by atoms with Crippen molar-refractivity contribution in [2.75, 3.05) is 40.4 Å². The molecule has 1 saturated heterocycles. The molecule has 0 atom stereocenters. The van der Waals surface area contributed by atoms with E-state index in [0.29, 0.717) is 44.2 Å². The van der Waals surface area contributed by atoms with Crippen molar-refractivity contribution in [1.29, 1.82) is 0 Å². The molecule has 0 bridgehead atoms. The molecule has 1 aliphatic rings. The highest BCUT2D eigenvalue weighted by atomic mass is 32.2. The summed E-state index contributed by atoms with van der Waals surface area (Å²) < 4.78 is 43.4. The SMILES string of the molecule is COc1ccc(S(=O)(=O)N2CCN(Cc3noc4ccccc34)CC2)cc1OC. The van der Waals surface area contributed by atoms with Gasteiger partial charge in [-0.1, -0.05) is 17.3 Å². The summed E-state index contributed by atoms with van der Waals surface area (Å²) in [6, 6.07) is 12.4. The second-order valence-corrected chi connectivity index (χ2v) is 8.76. The van der Waals surface area contributed by atoms with Crippen LogP contribution in [0.2, 0.25) is 0 Å². The van der Waals surface area contributed by atoms with Gasteiger partial charge in [-0.05, 0) is 24.3 Å². The fourth-order valence-corrected chi connectivity index (χ4v) is 4.96. The van der Waals surface area contributed by atoms with E-state index in [1.807, 2.05) is 24.3 Å². The van der Waals surface area contributed by atoms with Crippen LogP contribution in [0.3, 0.4) is 0 Å². The number of sulfonamides is 1. The van der Waals surface area contributed by atoms with Crippen LogP contribution in [-0.4, -0.2) is 63.2 Å². The summed E-state index contributed by atoms with van der Waals surface area (Å²) in [5.41, 5.74) is 1.63. The average molecular weight is 417 g/mol. The highest BCUT2D eigenvalue weighted by molar-refractivity contribution is 7.89. The van der Waals surface area contributed by atoms with Crippen molar-refractivity contribution in [2.45, 2.75) is 11.4 Å². The van der Waals surface area contributed by atoms with E-state index in [1.165, 1.54) is 24.6 Å². The zero-order valence-corrected chi connectivity index (χ0v) is 17.2. The van der Waals surface area contributed by atoms with Crippen LogP contribution in [0, 0.1) is 0 Å². The highest BCUT2D eigenvalue weighted by Crippen LogP contribution is 2.31. The smallest absolute Gasteiger partial charge is 0.243 e. The third kappa shape index (κ3) is 3.81. The first kappa shape index (κ1) is 19.7. The monoisotopic (exact) mass is 417 g/mol. The zero-order valence-electron chi connectivity index (χ0n) is 16.4. The van der Waals surface area contributed by atoms with E-state index in [-0.39, 0.29) is 4.90 Å². The van der Waals surface area contributed by atoms with Gasteiger partial charge < -0.3 is 14.0 Å². The maximum Gasteiger partial charge on any atom is 0.243 e. The van der Waals surface area contributed by atoms with Crippen molar-refractivity contribution in [1.82, 2.24) is 14.4 Å². The predicted molar refractivity (Wildman–Crippen MR) is 108 cm³/mol. The molecule has 0 radical (unpaired) electrons. The summed E-state index contributed by atoms with van der Waals surface area (Å²) in [5.74, 6) is 0.890. The zero-order chi connectivity index (χ0) is 20.4. The van der Waals surface area contributed by atoms with Crippen LogP contribution >= 0.6 is 0 Å². The summed E-state index contributed by atoms with van der Waals surface area (Å²) in [6.45, 7) is 2.68. The van der Waals surface area contributed by atoms with Gasteiger partial charge in [-0.15, -0.1) is 0 Å². The van der Waals surface area contributed by atoms with E-state index < -0.39 is 10.0 Å². The Labute approximate surface area is 169 Å². The van der Waals surface area contributed by atoms with Gasteiger partial charge in [-0.2, -0.15) is 4.31 Å². The molecule has 1 aromatic heterocycles. The number of nitrogens with zero attached hydrogens (tertiary/aromatic N) is 3. The van der Waals surface area contributed by atoms with E-state index in [0.717, 1.165) is 16.7 Å². The van der Waals surface area contributed by atoms with Crippen molar-refractivity contribution in [2.24, 2.45) is 0 Å². The van der Waals surface area contributed by atoms with Gasteiger partial charge in [0.25, 0.3) is 0 Å². The second-order valence-electron chi connectivity index (χ2n) is 6.82. The normalized spacial score (nSPS) is 16.2. The lowest BCUT2D eigenvalue weighted by Crippen LogP contribution is -2.48. The van der Waals surface area contributed by atoms with Gasteiger partial charge in [0, 0.05) is 44.2 Å². The van der Waals surface area contributed by atoms with Gasteiger partial charge in [0.2, 0.25) is 10.0 Å². The Balaban J connectivity index is 1.45. The van der Waals surface area contributed by atoms with E-state index in [2.05, 4.69) is 10.1 Å². The fraction of sp³-hybridized carbons (Fsp3) is 0.350. The Morgan fingerprint density at radius 3 is 2.45 bits per heavy atom. The Morgan fingerprint density at radius 2 is 1.72 bits per heavy atom. The molecule has 0 amide bonds. The van der Waals surface area contributed by atoms with Crippen molar-refractivity contribution < 1.29 is 22.4 Å². The third-order valence-corrected chi connectivity index (χ3v) is 7.04. The number of rotatable bonds is 6. The summed E-state index contributed by atoms with van der Waals surface area (Å²) in [4.78, 5) is 2.39. The molecule has 0 N–H and O–H groups in total. The maximum absolute atomic E-state index is 13.0. The number of aromatic nitrogens is 1. The van der Waals surface area contributed by atoms with Gasteiger partial charge >= 0.3 is 0 Å². The molecule has 9 heteroatoms. The lowest BCUT2D eigenvalue weighted by Gasteiger charge is -2.33. The van der Waals surface area contributed by atoms with Crippen molar-refractivity contribution >= 4 is 21.0 Å². The van der Waals surface area contributed by atoms with Crippen LogP contribution in [0.5, 0.6) is 11.5 Å². The third-order valence-electron chi connectivity index (χ3n) is 5.15. The van der Waals surface area contributed by atoms with Crippen molar-refractivity contribution in [3.05, 3.63) is 48.2 Å². The molecule has 3 aromatic rings. The molecular weight excluding hydrogens is 394 g/mol. The number of benzene rings is 2. The number of hydrogen-bond acceptors (Lipinski definition) is 7. The Kier molecular flexibility index (Phi) is 5.44. The molecule has 4 rings (SSSR count). The van der Waals surface area contributed by atoms with Crippen LogP contribution in [0.4, 0.5) is 0 Å². The van der Waals surface area contributed by atoms with Crippen LogP contribution in [0.15, 0.2) is 51.9 Å². The first-order valence-electron chi connectivity index (χ1n) is 9.31. The Bertz CT molecular complexity index is 1100. The molecule has 29 heavy (non-hydrogen) atoms. The van der Waals surface area contributed by atoms with E-state index in [9.17, 15) is 8.42 Å². The minimum atomic E-state index is -3.60. The van der Waals surface area contributed by atoms with Gasteiger partial charge in [-0.25, -0.2) is 8.42 Å². The minimum absolute atomic E-state index is 0.200. The highest BCUT2D eigenvalue weighted by Gasteiger charge is 2.29. The van der Waals surface area contributed by atoms with Crippen molar-refractivity contribution in [3.8, 4) is 11.5 Å². The Hall–Kier alpha value is -2.62. The lowest BCUT2D eigenvalue weighted by molar-refractivity contribution is 0.178. The standard InChI is InChI=1S/C20H23N3O5S/c1-26-19-8-7-15(13-20(19)27-2)29(24,25)23-11-9-22(10-12-23)14-17-16-5-3-4-6-18(16)28-21-17/h3-8,13H,9-12,14H2,1-2H3. The van der Waals surface area contributed by atoms with Crippen LogP contribution < -0.4 is 9.47 Å². The molecule has 2 heterocycles. The fourth-order valence-electron chi connectivity index (χ4n) is 3.52. The molecular formula is C20H23N3O5S. The van der Waals surface area contributed by atoms with E-state index >= 15 is 0 Å². The van der Waals surface area contributed by atoms with Gasteiger partial charge in [-0.3, -0.25) is 4.90 Å². The molecule has 0 spiro atoms. The number of para-hydroxylation sites is 1. The molecule has 8 nitrogen and oxygen atoms in total. The quantitative estimate of drug-likeness (QED) is 0.609. The lowest BCUT2D eigenvalue weighted by atomic mass is 10.2. The molecule has 154 valence electrons. The van der Waals surface area contributed by atoms with E-state index in [4.69, 9.17) is 14.0 Å². The minimum Gasteiger partial charge on any atom is -0.493 e. The average Bonchev–Trinajstić information content (AvgIpc) is 3.16. The molecule has 0 unspecified atom stereocenters. The van der Waals surface area contributed by atoms with Crippen LogP contribution in [-0.2, 0) is 16.6 Å². The van der Waals surface area contributed by atoms with Crippen LogP contribution in [0.25, 0.3) is 11.0 Å². The number of piperazine rings is 1. The summed E-state index contributed by atoms with van der Waals surface area (Å²) in [7, 11) is -0.599. The number of ether oxygens (including phenoxy) is 2. The number of hydrogen-bond donors (Lipinski definition) is 0. The summed E-state index contributed by atoms with van der Waals surface area (Å²) >= 11 is 0. The number of methoxy groups -OCH3 is 2. The predicted octanol–water partition coefficient (Wildman–Crippen LogP) is 2.35. The largest absolute Gasteiger partial charge is 0.493 e. The maximum atomic E-state index is 13.0. The topological polar surface area (TPSA) is 85.1 Å². The molecule has 0 aliphatic carbocycles. The summed E-state index contributed by atoms with van der Waals surface area (Å²) in [5, 5.41) is 5.16. The van der Waals surface area contributed by atoms with E-state index in [1.54, 1.807) is 12.1 Å². The molecule has 2 aromatic carbocycles.